The molecule has 7 heavy (non-hydrogen) atoms. The van der Waals surface area contributed by atoms with Gasteiger partial charge in [-0.2, -0.15) is 0 Å². The van der Waals surface area contributed by atoms with E-state index < -0.39 is 6.13 Å². The van der Waals surface area contributed by atoms with Crippen molar-refractivity contribution in [2.75, 3.05) is 6.13 Å². The van der Waals surface area contributed by atoms with Crippen molar-refractivity contribution in [3.05, 3.63) is 0 Å². The van der Waals surface area contributed by atoms with Crippen LogP contribution >= 0.6 is 61.2 Å². The highest BCUT2D eigenvalue weighted by Crippen LogP contribution is 1.65. The molecule has 0 fully saturated rings. The first kappa shape index (κ1) is 40.0. The van der Waals surface area contributed by atoms with Crippen LogP contribution in [0.25, 0.3) is 0 Å². The number of halogens is 6. The summed E-state index contributed by atoms with van der Waals surface area (Å²) in [6.45, 7) is 0. The van der Waals surface area contributed by atoms with Gasteiger partial charge >= 0.3 is 0 Å². The molecule has 0 bridgehead atoms. The molecule has 0 aliphatic heterocycles. The van der Waals surface area contributed by atoms with E-state index in [4.69, 9.17) is 0 Å². The van der Waals surface area contributed by atoms with Gasteiger partial charge < -0.3 is 0 Å². The lowest BCUT2D eigenvalue weighted by atomic mass is 11.8. The number of rotatable bonds is 0. The Bertz CT molecular complexity index is 8.04. The van der Waals surface area contributed by atoms with E-state index in [1.165, 1.54) is 0 Å². The quantitative estimate of drug-likeness (QED) is 0.544. The number of hydrogen-bond acceptors (Lipinski definition) is 0. The summed E-state index contributed by atoms with van der Waals surface area (Å²) >= 11 is 4.33. The zero-order valence-corrected chi connectivity index (χ0v) is 7.12. The molecule has 0 amide bonds. The lowest BCUT2D eigenvalue weighted by Gasteiger charge is -1.42. The molecule has 0 aromatic heterocycles. The lowest BCUT2D eigenvalue weighted by Crippen LogP contribution is -1.29. The second-order valence-electron chi connectivity index (χ2n) is 0.101. The van der Waals surface area contributed by atoms with Crippen molar-refractivity contribution in [2.24, 2.45) is 0 Å². The van der Waals surface area contributed by atoms with Gasteiger partial charge in [0.05, 0.1) is 0 Å². The Morgan fingerprint density at radius 1 is 1.00 bits per heavy atom. The molecule has 6 heteroatoms. The monoisotopic (exact) mass is 212 g/mol. The highest BCUT2D eigenvalue weighted by molar-refractivity contribution is 6.16. The van der Waals surface area contributed by atoms with Crippen molar-refractivity contribution in [2.45, 2.75) is 0 Å². The van der Waals surface area contributed by atoms with E-state index in [1.807, 2.05) is 0 Å². The van der Waals surface area contributed by atoms with Crippen LogP contribution in [0, 0.1) is 0 Å². The van der Waals surface area contributed by atoms with Gasteiger partial charge in [0, 0.05) is 0 Å². The van der Waals surface area contributed by atoms with Gasteiger partial charge in [-0.1, -0.05) is 11.6 Å². The first-order valence-corrected chi connectivity index (χ1v) is 1.07. The highest BCUT2D eigenvalue weighted by atomic mass is 35.5. The standard InChI is InChI=1S/CH2ClF.4ClH/c2-1-3;;;;/h1H2;4*1H. The van der Waals surface area contributed by atoms with Gasteiger partial charge in [-0.25, -0.2) is 4.39 Å². The van der Waals surface area contributed by atoms with E-state index in [-0.39, 0.29) is 49.6 Å². The van der Waals surface area contributed by atoms with Crippen LogP contribution in [-0.2, 0) is 0 Å². The van der Waals surface area contributed by atoms with Crippen LogP contribution in [0.3, 0.4) is 0 Å². The Hall–Kier alpha value is 1.38. The lowest BCUT2D eigenvalue weighted by molar-refractivity contribution is 0.599. The second-order valence-corrected chi connectivity index (χ2v) is 0.303. The summed E-state index contributed by atoms with van der Waals surface area (Å²) in [5.41, 5.74) is 0. The molecule has 0 rings (SSSR count). The zero-order chi connectivity index (χ0) is 2.71. The molecule has 0 saturated carbocycles. The van der Waals surface area contributed by atoms with E-state index in [0.717, 1.165) is 0 Å². The summed E-state index contributed by atoms with van der Waals surface area (Å²) in [6.07, 6.45) is -0.778. The van der Waals surface area contributed by atoms with Gasteiger partial charge in [0.25, 0.3) is 0 Å². The largest absolute Gasteiger partial charge is 0.234 e. The summed E-state index contributed by atoms with van der Waals surface area (Å²) in [6, 6.07) is 0. The van der Waals surface area contributed by atoms with E-state index in [9.17, 15) is 4.39 Å². The molecule has 52 valence electrons. The minimum atomic E-state index is -0.778. The molecule has 0 spiro atoms. The normalized spacial score (nSPS) is 2.57. The Kier molecular flexibility index (Phi) is 303. The third kappa shape index (κ3) is 112. The highest BCUT2D eigenvalue weighted by Gasteiger charge is 1.43. The van der Waals surface area contributed by atoms with Crippen LogP contribution in [-0.4, -0.2) is 6.13 Å². The third-order valence-corrected chi connectivity index (χ3v) is 0. The Balaban J connectivity index is -0.00000000333. The summed E-state index contributed by atoms with van der Waals surface area (Å²) < 4.78 is 10.1. The summed E-state index contributed by atoms with van der Waals surface area (Å²) in [5.74, 6) is 0. The zero-order valence-electron chi connectivity index (χ0n) is 3.10. The Labute approximate surface area is 71.8 Å². The predicted molar refractivity (Wildman–Crippen MR) is 40.8 cm³/mol. The van der Waals surface area contributed by atoms with Gasteiger partial charge in [-0.3, -0.25) is 0 Å². The van der Waals surface area contributed by atoms with Crippen molar-refractivity contribution in [1.29, 1.82) is 0 Å². The summed E-state index contributed by atoms with van der Waals surface area (Å²) in [7, 11) is 0. The average molecular weight is 214 g/mol. The maximum atomic E-state index is 10.1. The van der Waals surface area contributed by atoms with E-state index in [0.29, 0.717) is 0 Å². The van der Waals surface area contributed by atoms with Gasteiger partial charge in [-0.15, -0.1) is 49.6 Å². The smallest absolute Gasteiger partial charge is 0.163 e. The summed E-state index contributed by atoms with van der Waals surface area (Å²) in [4.78, 5) is 0. The Morgan fingerprint density at radius 2 is 1.00 bits per heavy atom. The molecule has 0 nitrogen and oxygen atoms in total. The number of hydrogen-bond donors (Lipinski definition) is 0. The SMILES string of the molecule is Cl.Cl.Cl.Cl.FCCl. The molecule has 0 aromatic carbocycles. The molecule has 0 saturated heterocycles. The van der Waals surface area contributed by atoms with Crippen LogP contribution in [0.4, 0.5) is 4.39 Å². The van der Waals surface area contributed by atoms with Gasteiger partial charge in [-0.05, 0) is 0 Å². The van der Waals surface area contributed by atoms with Crippen LogP contribution in [0.15, 0.2) is 0 Å². The molecule has 0 N–H and O–H groups in total. The van der Waals surface area contributed by atoms with Crippen LogP contribution in [0.2, 0.25) is 0 Å². The van der Waals surface area contributed by atoms with Crippen LogP contribution in [0.5, 0.6) is 0 Å². The fraction of sp³-hybridized carbons (Fsp3) is 1.00. The average Bonchev–Trinajstić information content (AvgIpc) is 0.918. The van der Waals surface area contributed by atoms with E-state index in [2.05, 4.69) is 11.6 Å². The molecule has 0 aromatic rings. The number of alkyl halides is 2. The Morgan fingerprint density at radius 3 is 1.00 bits per heavy atom. The maximum absolute atomic E-state index is 10.1. The maximum Gasteiger partial charge on any atom is 0.163 e. The molecule has 0 atom stereocenters. The molecular weight excluding hydrogens is 208 g/mol. The molecule has 0 aliphatic rings. The molecular formula is CH6Cl5F. The van der Waals surface area contributed by atoms with Gasteiger partial charge in [0.15, 0.2) is 6.13 Å². The first-order valence-electron chi connectivity index (χ1n) is 0.535. The molecule has 0 aliphatic carbocycles. The molecule has 0 radical (unpaired) electrons. The summed E-state index contributed by atoms with van der Waals surface area (Å²) in [5, 5.41) is 0. The second kappa shape index (κ2) is 53.0. The third-order valence-electron chi connectivity index (χ3n) is 0. The van der Waals surface area contributed by atoms with Crippen molar-refractivity contribution >= 4 is 61.2 Å². The van der Waals surface area contributed by atoms with E-state index in [1.54, 1.807) is 0 Å². The molecule has 0 unspecified atom stereocenters. The van der Waals surface area contributed by atoms with Crippen LogP contribution in [0.1, 0.15) is 0 Å². The molecule has 0 heterocycles. The van der Waals surface area contributed by atoms with Crippen molar-refractivity contribution in [3.63, 3.8) is 0 Å². The van der Waals surface area contributed by atoms with Crippen molar-refractivity contribution in [3.8, 4) is 0 Å². The van der Waals surface area contributed by atoms with Crippen molar-refractivity contribution < 1.29 is 4.39 Å². The predicted octanol–water partition coefficient (Wildman–Crippen LogP) is 2.84. The fourth-order valence-corrected chi connectivity index (χ4v) is 0. The van der Waals surface area contributed by atoms with Gasteiger partial charge in [0.2, 0.25) is 0 Å². The minimum absolute atomic E-state index is 0. The minimum Gasteiger partial charge on any atom is -0.234 e. The van der Waals surface area contributed by atoms with Gasteiger partial charge in [0.1, 0.15) is 0 Å². The van der Waals surface area contributed by atoms with Crippen molar-refractivity contribution in [1.82, 2.24) is 0 Å². The van der Waals surface area contributed by atoms with E-state index >= 15 is 0 Å². The first-order chi connectivity index (χ1) is 1.41. The van der Waals surface area contributed by atoms with Crippen LogP contribution < -0.4 is 0 Å². The fourth-order valence-electron chi connectivity index (χ4n) is 0. The topological polar surface area (TPSA) is 0 Å².